The maximum absolute atomic E-state index is 14.4. The topological polar surface area (TPSA) is 137 Å². The molecule has 2 rings (SSSR count). The number of aromatic nitrogens is 1. The molecule has 1 amide bonds. The highest BCUT2D eigenvalue weighted by Crippen LogP contribution is 2.32. The van der Waals surface area contributed by atoms with Crippen molar-refractivity contribution in [2.45, 2.75) is 44.7 Å². The summed E-state index contributed by atoms with van der Waals surface area (Å²) in [5.41, 5.74) is 16.0. The normalized spacial score (nSPS) is 13.9. The van der Waals surface area contributed by atoms with Gasteiger partial charge in [-0.25, -0.2) is 4.39 Å². The van der Waals surface area contributed by atoms with E-state index in [-0.39, 0.29) is 30.2 Å². The van der Waals surface area contributed by atoms with Gasteiger partial charge in [0.05, 0.1) is 24.7 Å². The molecule has 0 aliphatic rings. The Hall–Kier alpha value is -2.71. The number of aliphatic hydroxyl groups is 1. The molecule has 1 aromatic carbocycles. The standard InChI is InChI=1S/C21H26ClFN6O2/c1-12(2)19(13-3-5-14(22)6-4-13)20(28-29-25)21(31)27-18-10-26-9-17(23)16(18)8-7-15(24)11-30/h3-6,9-10,12,15,19-20,30H,7-8,11,24H2,1-2H3,(H,27,31)/t15-,19+,20?/m0/s1. The molecule has 0 radical (unpaired) electrons. The molecule has 1 unspecified atom stereocenters. The molecule has 1 heterocycles. The van der Waals surface area contributed by atoms with Gasteiger partial charge in [0.25, 0.3) is 0 Å². The molecule has 10 heteroatoms. The van der Waals surface area contributed by atoms with E-state index in [9.17, 15) is 9.18 Å². The van der Waals surface area contributed by atoms with E-state index >= 15 is 0 Å². The van der Waals surface area contributed by atoms with Crippen molar-refractivity contribution in [1.29, 1.82) is 0 Å². The van der Waals surface area contributed by atoms with Crippen molar-refractivity contribution in [2.24, 2.45) is 16.8 Å². The maximum Gasteiger partial charge on any atom is 0.234 e. The molecule has 0 aliphatic carbocycles. The number of anilines is 1. The number of pyridine rings is 1. The van der Waals surface area contributed by atoms with E-state index in [1.165, 1.54) is 6.20 Å². The highest BCUT2D eigenvalue weighted by molar-refractivity contribution is 6.30. The first kappa shape index (κ1) is 24.6. The van der Waals surface area contributed by atoms with Gasteiger partial charge in [0.2, 0.25) is 5.91 Å². The SMILES string of the molecule is CC(C)[C@H](c1ccc(Cl)cc1)C(N=[N+]=[N-])C(=O)Nc1cncc(F)c1CC[C@H](N)CO. The van der Waals surface area contributed by atoms with Crippen molar-refractivity contribution in [3.05, 3.63) is 69.1 Å². The molecule has 8 nitrogen and oxygen atoms in total. The van der Waals surface area contributed by atoms with Gasteiger partial charge in [-0.3, -0.25) is 9.78 Å². The number of benzene rings is 1. The lowest BCUT2D eigenvalue weighted by Gasteiger charge is -2.27. The first-order chi connectivity index (χ1) is 14.8. The molecule has 2 aromatic rings. The summed E-state index contributed by atoms with van der Waals surface area (Å²) in [4.78, 5) is 19.8. The van der Waals surface area contributed by atoms with E-state index in [0.717, 1.165) is 11.8 Å². The van der Waals surface area contributed by atoms with Crippen molar-refractivity contribution in [1.82, 2.24) is 4.98 Å². The Balaban J connectivity index is 2.35. The molecule has 4 N–H and O–H groups in total. The molecule has 0 fully saturated rings. The summed E-state index contributed by atoms with van der Waals surface area (Å²) in [6, 6.07) is 5.38. The molecular formula is C21H26ClFN6O2. The lowest BCUT2D eigenvalue weighted by molar-refractivity contribution is -0.118. The van der Waals surface area contributed by atoms with E-state index in [2.05, 4.69) is 20.3 Å². The van der Waals surface area contributed by atoms with E-state index in [1.54, 1.807) is 24.3 Å². The van der Waals surface area contributed by atoms with Crippen LogP contribution in [0.25, 0.3) is 10.4 Å². The number of nitrogens with one attached hydrogen (secondary N) is 1. The van der Waals surface area contributed by atoms with Crippen LogP contribution < -0.4 is 11.1 Å². The number of halogens is 2. The molecule has 0 saturated heterocycles. The minimum absolute atomic E-state index is 0.0462. The summed E-state index contributed by atoms with van der Waals surface area (Å²) >= 11 is 5.97. The van der Waals surface area contributed by atoms with E-state index in [0.29, 0.717) is 11.4 Å². The molecule has 0 bridgehead atoms. The minimum Gasteiger partial charge on any atom is -0.395 e. The summed E-state index contributed by atoms with van der Waals surface area (Å²) in [5, 5.41) is 16.1. The predicted molar refractivity (Wildman–Crippen MR) is 118 cm³/mol. The van der Waals surface area contributed by atoms with Crippen molar-refractivity contribution < 1.29 is 14.3 Å². The van der Waals surface area contributed by atoms with Gasteiger partial charge in [-0.1, -0.05) is 42.7 Å². The van der Waals surface area contributed by atoms with Crippen molar-refractivity contribution >= 4 is 23.2 Å². The van der Waals surface area contributed by atoms with Gasteiger partial charge in [0.1, 0.15) is 11.9 Å². The van der Waals surface area contributed by atoms with Gasteiger partial charge in [0, 0.05) is 27.5 Å². The number of aliphatic hydroxyl groups excluding tert-OH is 1. The van der Waals surface area contributed by atoms with Gasteiger partial charge in [-0.05, 0) is 42.0 Å². The third-order valence-electron chi connectivity index (χ3n) is 5.02. The second-order valence-corrected chi connectivity index (χ2v) is 8.03. The molecule has 0 aliphatic heterocycles. The number of amides is 1. The second-order valence-electron chi connectivity index (χ2n) is 7.59. The smallest absolute Gasteiger partial charge is 0.234 e. The lowest BCUT2D eigenvalue weighted by atomic mass is 9.82. The van der Waals surface area contributed by atoms with Crippen molar-refractivity contribution in [2.75, 3.05) is 11.9 Å². The summed E-state index contributed by atoms with van der Waals surface area (Å²) in [6.45, 7) is 3.60. The fraction of sp³-hybridized carbons (Fsp3) is 0.429. The summed E-state index contributed by atoms with van der Waals surface area (Å²) in [6.07, 6.45) is 2.90. The van der Waals surface area contributed by atoms with Gasteiger partial charge < -0.3 is 16.2 Å². The Morgan fingerprint density at radius 3 is 2.61 bits per heavy atom. The molecule has 166 valence electrons. The van der Waals surface area contributed by atoms with Gasteiger partial charge in [-0.15, -0.1) is 0 Å². The fourth-order valence-corrected chi connectivity index (χ4v) is 3.54. The maximum atomic E-state index is 14.4. The van der Waals surface area contributed by atoms with Crippen LogP contribution in [0.3, 0.4) is 0 Å². The zero-order valence-electron chi connectivity index (χ0n) is 17.4. The number of carbonyl (C=O) groups excluding carboxylic acids is 1. The van der Waals surface area contributed by atoms with Gasteiger partial charge in [-0.2, -0.15) is 0 Å². The lowest BCUT2D eigenvalue weighted by Crippen LogP contribution is -2.34. The number of azide groups is 1. The Kier molecular flexibility index (Phi) is 9.21. The quantitative estimate of drug-likeness (QED) is 0.285. The number of hydrogen-bond donors (Lipinski definition) is 3. The number of carbonyl (C=O) groups is 1. The Bertz CT molecular complexity index is 934. The van der Waals surface area contributed by atoms with Crippen LogP contribution in [0, 0.1) is 11.7 Å². The van der Waals surface area contributed by atoms with Crippen LogP contribution >= 0.6 is 11.6 Å². The Morgan fingerprint density at radius 2 is 2.03 bits per heavy atom. The number of nitrogens with two attached hydrogens (primary N) is 1. The Labute approximate surface area is 185 Å². The van der Waals surface area contributed by atoms with E-state index in [4.69, 9.17) is 28.0 Å². The van der Waals surface area contributed by atoms with Crippen LogP contribution in [0.15, 0.2) is 41.8 Å². The highest BCUT2D eigenvalue weighted by Gasteiger charge is 2.32. The van der Waals surface area contributed by atoms with Crippen LogP contribution in [-0.2, 0) is 11.2 Å². The molecule has 0 spiro atoms. The number of nitrogens with zero attached hydrogens (tertiary/aromatic N) is 4. The summed E-state index contributed by atoms with van der Waals surface area (Å²) in [5.74, 6) is -1.65. The van der Waals surface area contributed by atoms with Crippen LogP contribution in [0.5, 0.6) is 0 Å². The predicted octanol–water partition coefficient (Wildman–Crippen LogP) is 4.18. The summed E-state index contributed by atoms with van der Waals surface area (Å²) < 4.78 is 14.4. The van der Waals surface area contributed by atoms with Crippen molar-refractivity contribution in [3.8, 4) is 0 Å². The van der Waals surface area contributed by atoms with Gasteiger partial charge in [0.15, 0.2) is 0 Å². The fourth-order valence-electron chi connectivity index (χ4n) is 3.41. The van der Waals surface area contributed by atoms with Crippen molar-refractivity contribution in [3.63, 3.8) is 0 Å². The van der Waals surface area contributed by atoms with Crippen LogP contribution in [0.4, 0.5) is 10.1 Å². The molecule has 0 saturated carbocycles. The first-order valence-corrected chi connectivity index (χ1v) is 10.3. The second kappa shape index (κ2) is 11.6. The van der Waals surface area contributed by atoms with Gasteiger partial charge >= 0.3 is 0 Å². The monoisotopic (exact) mass is 448 g/mol. The molecule has 31 heavy (non-hydrogen) atoms. The highest BCUT2D eigenvalue weighted by atomic mass is 35.5. The van der Waals surface area contributed by atoms with E-state index in [1.807, 2.05) is 13.8 Å². The van der Waals surface area contributed by atoms with Crippen LogP contribution in [0.1, 0.15) is 37.3 Å². The van der Waals surface area contributed by atoms with Crippen LogP contribution in [0.2, 0.25) is 5.02 Å². The molecule has 3 atom stereocenters. The number of hydrogen-bond acceptors (Lipinski definition) is 5. The summed E-state index contributed by atoms with van der Waals surface area (Å²) in [7, 11) is 0. The third-order valence-corrected chi connectivity index (χ3v) is 5.27. The number of rotatable bonds is 10. The zero-order chi connectivity index (χ0) is 23.0. The molecule has 1 aromatic heterocycles. The largest absolute Gasteiger partial charge is 0.395 e. The Morgan fingerprint density at radius 1 is 1.35 bits per heavy atom. The van der Waals surface area contributed by atoms with Crippen LogP contribution in [-0.4, -0.2) is 34.7 Å². The third kappa shape index (κ3) is 6.63. The first-order valence-electron chi connectivity index (χ1n) is 9.87. The van der Waals surface area contributed by atoms with E-state index < -0.39 is 29.7 Å². The molecular weight excluding hydrogens is 423 g/mol. The average molecular weight is 449 g/mol. The minimum atomic E-state index is -1.08. The average Bonchev–Trinajstić information content (AvgIpc) is 2.73. The zero-order valence-corrected chi connectivity index (χ0v) is 18.1.